The van der Waals surface area contributed by atoms with Crippen molar-refractivity contribution in [1.29, 1.82) is 0 Å². The quantitative estimate of drug-likeness (QED) is 0.0212. The van der Waals surface area contributed by atoms with Crippen LogP contribution in [0, 0.1) is 0 Å². The highest BCUT2D eigenvalue weighted by Crippen LogP contribution is 2.38. The van der Waals surface area contributed by atoms with Crippen LogP contribution < -0.4 is 10.2 Å². The van der Waals surface area contributed by atoms with E-state index in [4.69, 9.17) is 13.8 Å². The molecular formula is C70H131N2O7P. The van der Waals surface area contributed by atoms with Gasteiger partial charge in [-0.3, -0.25) is 14.2 Å². The number of esters is 1. The van der Waals surface area contributed by atoms with Crippen LogP contribution in [-0.4, -0.2) is 69.4 Å². The van der Waals surface area contributed by atoms with Gasteiger partial charge in [0.1, 0.15) is 19.3 Å². The number of ether oxygens (including phenoxy) is 1. The summed E-state index contributed by atoms with van der Waals surface area (Å²) in [7, 11) is 1.19. The van der Waals surface area contributed by atoms with Gasteiger partial charge in [-0.2, -0.15) is 0 Å². The van der Waals surface area contributed by atoms with Crippen molar-refractivity contribution in [3.63, 3.8) is 0 Å². The second-order valence-corrected chi connectivity index (χ2v) is 25.7. The van der Waals surface area contributed by atoms with Crippen LogP contribution in [0.5, 0.6) is 0 Å². The number of likely N-dealkylation sites (N-methyl/N-ethyl adjacent to an activating group) is 1. The van der Waals surface area contributed by atoms with Gasteiger partial charge in [0, 0.05) is 12.8 Å². The predicted octanol–water partition coefficient (Wildman–Crippen LogP) is 20.8. The molecule has 9 nitrogen and oxygen atoms in total. The first kappa shape index (κ1) is 77.7. The minimum absolute atomic E-state index is 0.0223. The third-order valence-electron chi connectivity index (χ3n) is 15.2. The minimum atomic E-state index is -4.70. The molecule has 0 radical (unpaired) electrons. The fraction of sp³-hybridized carbons (Fsp3) is 0.829. The molecule has 0 rings (SSSR count). The summed E-state index contributed by atoms with van der Waals surface area (Å²) >= 11 is 0. The van der Waals surface area contributed by atoms with E-state index in [0.717, 1.165) is 83.5 Å². The summed E-state index contributed by atoms with van der Waals surface area (Å²) in [5.74, 6) is -0.532. The maximum absolute atomic E-state index is 13.6. The Kier molecular flexibility index (Phi) is 58.1. The summed E-state index contributed by atoms with van der Waals surface area (Å²) in [6.07, 6.45) is 76.2. The summed E-state index contributed by atoms with van der Waals surface area (Å²) in [5, 5.41) is 3.04. The van der Waals surface area contributed by atoms with Gasteiger partial charge in [0.25, 0.3) is 7.82 Å². The van der Waals surface area contributed by atoms with Crippen LogP contribution in [0.2, 0.25) is 0 Å². The van der Waals surface area contributed by atoms with E-state index in [1.807, 2.05) is 33.3 Å². The zero-order valence-electron chi connectivity index (χ0n) is 53.5. The standard InChI is InChI=1S/C70H131N2O7P/c1-7-10-13-16-19-22-25-28-30-31-32-33-34-35-36-37-38-39-40-41-43-44-47-50-53-56-59-62-69(73)71-67(66-78-80(75,76)77-65-64-72(4,5)6)68(61-58-55-52-49-46-27-24-21-18-15-12-9-3)79-70(74)63-60-57-54-51-48-45-42-29-26-23-20-17-14-11-8-2/h19,22,28,30,32-33,35-36,58,61,67-68H,7-18,20-21,23-27,29,31,34,37-57,59-60,62-66H2,1-6H3,(H-,71,73,75,76)/b22-19-,30-28-,33-32-,36-35-,61-58-. The van der Waals surface area contributed by atoms with E-state index in [1.165, 1.54) is 205 Å². The van der Waals surface area contributed by atoms with Crippen molar-refractivity contribution < 1.29 is 37.3 Å². The molecule has 0 heterocycles. The Hall–Kier alpha value is -2.29. The molecule has 0 aliphatic heterocycles. The summed E-state index contributed by atoms with van der Waals surface area (Å²) in [4.78, 5) is 40.1. The average molecular weight is 1140 g/mol. The van der Waals surface area contributed by atoms with Gasteiger partial charge in [-0.1, -0.05) is 294 Å². The van der Waals surface area contributed by atoms with Gasteiger partial charge >= 0.3 is 5.97 Å². The SMILES string of the molecule is CCCCC/C=C\C/C=C\C/C=C\C/C=C\CCCCCCCCCCCCCC(=O)NC(COP(=O)([O-])OCC[N+](C)(C)C)C(/C=C\CCCCCCCCCCCC)OC(=O)CCCCCCCCCCCCCCCCC. The molecule has 0 fully saturated rings. The van der Waals surface area contributed by atoms with Crippen LogP contribution >= 0.6 is 7.82 Å². The molecule has 1 N–H and O–H groups in total. The van der Waals surface area contributed by atoms with Crippen molar-refractivity contribution >= 4 is 19.7 Å². The van der Waals surface area contributed by atoms with E-state index in [1.54, 1.807) is 0 Å². The topological polar surface area (TPSA) is 114 Å². The number of phosphoric ester groups is 1. The molecule has 3 unspecified atom stereocenters. The number of allylic oxidation sites excluding steroid dienone is 9. The first-order chi connectivity index (χ1) is 38.9. The van der Waals surface area contributed by atoms with Crippen molar-refractivity contribution in [3.8, 4) is 0 Å². The Labute approximate surface area is 496 Å². The monoisotopic (exact) mass is 1140 g/mol. The van der Waals surface area contributed by atoms with Crippen LogP contribution in [0.15, 0.2) is 60.8 Å². The molecule has 0 aromatic rings. The lowest BCUT2D eigenvalue weighted by molar-refractivity contribution is -0.870. The largest absolute Gasteiger partial charge is 0.756 e. The van der Waals surface area contributed by atoms with E-state index in [-0.39, 0.29) is 31.5 Å². The number of amides is 1. The zero-order valence-corrected chi connectivity index (χ0v) is 54.4. The number of carbonyl (C=O) groups is 2. The molecule has 80 heavy (non-hydrogen) atoms. The van der Waals surface area contributed by atoms with Crippen LogP contribution in [-0.2, 0) is 27.9 Å². The van der Waals surface area contributed by atoms with E-state index >= 15 is 0 Å². The minimum Gasteiger partial charge on any atom is -0.756 e. The fourth-order valence-corrected chi connectivity index (χ4v) is 10.6. The third kappa shape index (κ3) is 60.3. The lowest BCUT2D eigenvalue weighted by atomic mass is 10.0. The van der Waals surface area contributed by atoms with Gasteiger partial charge in [0.2, 0.25) is 5.91 Å². The van der Waals surface area contributed by atoms with Crippen LogP contribution in [0.1, 0.15) is 323 Å². The molecule has 468 valence electrons. The normalized spacial score (nSPS) is 13.9. The molecule has 1 amide bonds. The molecular weight excluding hydrogens is 1010 g/mol. The van der Waals surface area contributed by atoms with Crippen LogP contribution in [0.25, 0.3) is 0 Å². The molecule has 0 aliphatic carbocycles. The van der Waals surface area contributed by atoms with Crippen LogP contribution in [0.3, 0.4) is 0 Å². The fourth-order valence-electron chi connectivity index (χ4n) is 9.92. The number of hydrogen-bond donors (Lipinski definition) is 1. The molecule has 0 aliphatic rings. The zero-order chi connectivity index (χ0) is 58.6. The number of carbonyl (C=O) groups excluding carboxylic acids is 2. The smallest absolute Gasteiger partial charge is 0.306 e. The van der Waals surface area contributed by atoms with Gasteiger partial charge in [-0.05, 0) is 76.7 Å². The first-order valence-electron chi connectivity index (χ1n) is 34.1. The van der Waals surface area contributed by atoms with Crippen molar-refractivity contribution in [1.82, 2.24) is 5.32 Å². The molecule has 10 heteroatoms. The Morgan fingerprint density at radius 3 is 1.16 bits per heavy atom. The van der Waals surface area contributed by atoms with Crippen molar-refractivity contribution in [2.75, 3.05) is 40.9 Å². The highest BCUT2D eigenvalue weighted by molar-refractivity contribution is 7.45. The number of nitrogens with zero attached hydrogens (tertiary/aromatic N) is 1. The number of hydrogen-bond acceptors (Lipinski definition) is 7. The Morgan fingerprint density at radius 1 is 0.438 bits per heavy atom. The summed E-state index contributed by atoms with van der Waals surface area (Å²) in [6.45, 7) is 6.85. The van der Waals surface area contributed by atoms with Gasteiger partial charge in [0.15, 0.2) is 0 Å². The second-order valence-electron chi connectivity index (χ2n) is 24.3. The predicted molar refractivity (Wildman–Crippen MR) is 344 cm³/mol. The first-order valence-corrected chi connectivity index (χ1v) is 35.6. The van der Waals surface area contributed by atoms with Crippen molar-refractivity contribution in [2.45, 2.75) is 335 Å². The van der Waals surface area contributed by atoms with E-state index < -0.39 is 20.0 Å². The number of nitrogens with one attached hydrogen (secondary N) is 1. The van der Waals surface area contributed by atoms with Gasteiger partial charge in [0.05, 0.1) is 33.8 Å². The summed E-state index contributed by atoms with van der Waals surface area (Å²) in [5.41, 5.74) is 0. The Bertz CT molecular complexity index is 1550. The van der Waals surface area contributed by atoms with Crippen molar-refractivity contribution in [3.05, 3.63) is 60.8 Å². The van der Waals surface area contributed by atoms with Gasteiger partial charge < -0.3 is 28.5 Å². The average Bonchev–Trinajstić information content (AvgIpc) is 3.42. The second kappa shape index (κ2) is 59.9. The molecule has 3 atom stereocenters. The van der Waals surface area contributed by atoms with E-state index in [9.17, 15) is 19.0 Å². The molecule has 0 spiro atoms. The van der Waals surface area contributed by atoms with E-state index in [2.05, 4.69) is 74.7 Å². The summed E-state index contributed by atoms with van der Waals surface area (Å²) in [6, 6.07) is -0.889. The molecule has 0 aromatic heterocycles. The molecule has 0 bridgehead atoms. The number of phosphoric acid groups is 1. The Morgan fingerprint density at radius 2 is 0.762 bits per heavy atom. The highest BCUT2D eigenvalue weighted by atomic mass is 31.2. The van der Waals surface area contributed by atoms with E-state index in [0.29, 0.717) is 17.4 Å². The third-order valence-corrected chi connectivity index (χ3v) is 16.2. The highest BCUT2D eigenvalue weighted by Gasteiger charge is 2.27. The molecule has 0 saturated carbocycles. The lowest BCUT2D eigenvalue weighted by Gasteiger charge is -2.30. The van der Waals surface area contributed by atoms with Crippen LogP contribution in [0.4, 0.5) is 0 Å². The Balaban J connectivity index is 5.05. The maximum Gasteiger partial charge on any atom is 0.306 e. The van der Waals surface area contributed by atoms with Gasteiger partial charge in [-0.15, -0.1) is 0 Å². The number of unbranched alkanes of at least 4 members (excludes halogenated alkanes) is 38. The number of rotatable bonds is 62. The number of quaternary nitrogens is 1. The lowest BCUT2D eigenvalue weighted by Crippen LogP contribution is -2.47. The molecule has 0 aromatic carbocycles. The van der Waals surface area contributed by atoms with Gasteiger partial charge in [-0.25, -0.2) is 0 Å². The van der Waals surface area contributed by atoms with Crippen molar-refractivity contribution in [2.24, 2.45) is 0 Å². The summed E-state index contributed by atoms with van der Waals surface area (Å²) < 4.78 is 30.4. The molecule has 0 saturated heterocycles. The maximum atomic E-state index is 13.6.